The third kappa shape index (κ3) is 2.89. The van der Waals surface area contributed by atoms with Crippen molar-refractivity contribution in [2.24, 2.45) is 5.92 Å². The van der Waals surface area contributed by atoms with Crippen LogP contribution in [0.5, 0.6) is 0 Å². The SMILES string of the molecule is C#CC1CC(=O)N(c2ccc(C(=O)NCC=C)cc2)C1. The number of terminal acetylenes is 1. The summed E-state index contributed by atoms with van der Waals surface area (Å²) >= 11 is 0. The molecule has 1 aliphatic rings. The van der Waals surface area contributed by atoms with Crippen LogP contribution in [0.4, 0.5) is 5.69 Å². The van der Waals surface area contributed by atoms with E-state index in [1.165, 1.54) is 0 Å². The standard InChI is InChI=1S/C16H16N2O2/c1-3-9-17-16(20)13-5-7-14(8-6-13)18-11-12(4-2)10-15(18)19/h2-3,5-8,12H,1,9-11H2,(H,17,20). The van der Waals surface area contributed by atoms with E-state index in [9.17, 15) is 9.59 Å². The van der Waals surface area contributed by atoms with E-state index in [-0.39, 0.29) is 17.7 Å². The normalized spacial score (nSPS) is 17.6. The van der Waals surface area contributed by atoms with Crippen LogP contribution in [0.15, 0.2) is 36.9 Å². The number of rotatable bonds is 4. The van der Waals surface area contributed by atoms with Gasteiger partial charge in [0.15, 0.2) is 0 Å². The second-order valence-electron chi connectivity index (χ2n) is 4.62. The molecule has 102 valence electrons. The van der Waals surface area contributed by atoms with Crippen molar-refractivity contribution >= 4 is 17.5 Å². The molecule has 2 rings (SSSR count). The summed E-state index contributed by atoms with van der Waals surface area (Å²) in [5.41, 5.74) is 1.32. The van der Waals surface area contributed by atoms with Crippen LogP contribution in [0.25, 0.3) is 0 Å². The third-order valence-corrected chi connectivity index (χ3v) is 3.21. The second-order valence-corrected chi connectivity index (χ2v) is 4.62. The summed E-state index contributed by atoms with van der Waals surface area (Å²) in [6, 6.07) is 6.92. The quantitative estimate of drug-likeness (QED) is 0.666. The highest BCUT2D eigenvalue weighted by atomic mass is 16.2. The van der Waals surface area contributed by atoms with Crippen molar-refractivity contribution in [3.63, 3.8) is 0 Å². The number of nitrogens with one attached hydrogen (secondary N) is 1. The van der Waals surface area contributed by atoms with Crippen molar-refractivity contribution in [3.05, 3.63) is 42.5 Å². The Labute approximate surface area is 118 Å². The van der Waals surface area contributed by atoms with Gasteiger partial charge in [-0.05, 0) is 24.3 Å². The van der Waals surface area contributed by atoms with Gasteiger partial charge in [-0.3, -0.25) is 9.59 Å². The van der Waals surface area contributed by atoms with Crippen molar-refractivity contribution in [1.82, 2.24) is 5.32 Å². The van der Waals surface area contributed by atoms with E-state index >= 15 is 0 Å². The van der Waals surface area contributed by atoms with E-state index in [1.54, 1.807) is 35.2 Å². The number of hydrogen-bond donors (Lipinski definition) is 1. The van der Waals surface area contributed by atoms with Gasteiger partial charge in [-0.1, -0.05) is 6.08 Å². The van der Waals surface area contributed by atoms with Crippen molar-refractivity contribution in [2.75, 3.05) is 18.0 Å². The monoisotopic (exact) mass is 268 g/mol. The molecule has 0 aliphatic carbocycles. The first-order valence-electron chi connectivity index (χ1n) is 6.41. The van der Waals surface area contributed by atoms with Gasteiger partial charge in [-0.2, -0.15) is 0 Å². The van der Waals surface area contributed by atoms with Crippen molar-refractivity contribution < 1.29 is 9.59 Å². The lowest BCUT2D eigenvalue weighted by Gasteiger charge is -2.16. The zero-order valence-electron chi connectivity index (χ0n) is 11.1. The summed E-state index contributed by atoms with van der Waals surface area (Å²) < 4.78 is 0. The Kier molecular flexibility index (Phi) is 4.21. The minimum absolute atomic E-state index is 0.0248. The number of nitrogens with zero attached hydrogens (tertiary/aromatic N) is 1. The van der Waals surface area contributed by atoms with Crippen molar-refractivity contribution in [2.45, 2.75) is 6.42 Å². The van der Waals surface area contributed by atoms with E-state index in [0.29, 0.717) is 25.1 Å². The number of anilines is 1. The lowest BCUT2D eigenvalue weighted by Crippen LogP contribution is -2.25. The minimum Gasteiger partial charge on any atom is -0.349 e. The Morgan fingerprint density at radius 3 is 2.75 bits per heavy atom. The second kappa shape index (κ2) is 6.07. The fourth-order valence-corrected chi connectivity index (χ4v) is 2.13. The molecule has 1 saturated heterocycles. The van der Waals surface area contributed by atoms with Crippen molar-refractivity contribution in [3.8, 4) is 12.3 Å². The molecular weight excluding hydrogens is 252 g/mol. The van der Waals surface area contributed by atoms with E-state index in [0.717, 1.165) is 5.69 Å². The van der Waals surface area contributed by atoms with Gasteiger partial charge >= 0.3 is 0 Å². The number of carbonyl (C=O) groups is 2. The molecule has 1 unspecified atom stereocenters. The summed E-state index contributed by atoms with van der Waals surface area (Å²) in [7, 11) is 0. The number of carbonyl (C=O) groups excluding carboxylic acids is 2. The number of hydrogen-bond acceptors (Lipinski definition) is 2. The highest BCUT2D eigenvalue weighted by Gasteiger charge is 2.29. The van der Waals surface area contributed by atoms with Crippen LogP contribution in [-0.4, -0.2) is 24.9 Å². The predicted molar refractivity (Wildman–Crippen MR) is 78.3 cm³/mol. The summed E-state index contributed by atoms with van der Waals surface area (Å²) in [5, 5.41) is 2.70. The van der Waals surface area contributed by atoms with Crippen LogP contribution >= 0.6 is 0 Å². The molecule has 1 N–H and O–H groups in total. The maximum absolute atomic E-state index is 11.8. The maximum atomic E-state index is 11.8. The molecule has 0 radical (unpaired) electrons. The molecule has 4 heteroatoms. The first-order valence-corrected chi connectivity index (χ1v) is 6.41. The molecule has 20 heavy (non-hydrogen) atoms. The highest BCUT2D eigenvalue weighted by molar-refractivity contribution is 5.98. The number of amides is 2. The third-order valence-electron chi connectivity index (χ3n) is 3.21. The van der Waals surface area contributed by atoms with Gasteiger partial charge in [-0.25, -0.2) is 0 Å². The van der Waals surface area contributed by atoms with Gasteiger partial charge in [0, 0.05) is 36.7 Å². The van der Waals surface area contributed by atoms with E-state index in [1.807, 2.05) is 0 Å². The van der Waals surface area contributed by atoms with Gasteiger partial charge in [-0.15, -0.1) is 18.9 Å². The molecule has 0 aromatic heterocycles. The van der Waals surface area contributed by atoms with E-state index < -0.39 is 0 Å². The molecule has 1 atom stereocenters. The zero-order chi connectivity index (χ0) is 14.5. The molecule has 1 aromatic rings. The first kappa shape index (κ1) is 13.9. The maximum Gasteiger partial charge on any atom is 0.251 e. The fraction of sp³-hybridized carbons (Fsp3) is 0.250. The Morgan fingerprint density at radius 1 is 1.50 bits per heavy atom. The van der Waals surface area contributed by atoms with Gasteiger partial charge in [0.25, 0.3) is 5.91 Å². The fourth-order valence-electron chi connectivity index (χ4n) is 2.13. The number of benzene rings is 1. The average molecular weight is 268 g/mol. The Balaban J connectivity index is 2.09. The lowest BCUT2D eigenvalue weighted by molar-refractivity contribution is -0.117. The molecule has 0 spiro atoms. The average Bonchev–Trinajstić information content (AvgIpc) is 2.86. The summed E-state index contributed by atoms with van der Waals surface area (Å²) in [6.07, 6.45) is 7.36. The summed E-state index contributed by atoms with van der Waals surface area (Å²) in [6.45, 7) is 4.51. The molecular formula is C16H16N2O2. The summed E-state index contributed by atoms with van der Waals surface area (Å²) in [4.78, 5) is 25.2. The molecule has 1 fully saturated rings. The van der Waals surface area contributed by atoms with Gasteiger partial charge in [0.1, 0.15) is 0 Å². The molecule has 1 aromatic carbocycles. The van der Waals surface area contributed by atoms with Crippen LogP contribution < -0.4 is 10.2 Å². The predicted octanol–water partition coefficient (Wildman–Crippen LogP) is 1.59. The van der Waals surface area contributed by atoms with E-state index in [2.05, 4.69) is 17.8 Å². The lowest BCUT2D eigenvalue weighted by atomic mass is 10.1. The van der Waals surface area contributed by atoms with Crippen LogP contribution in [0.3, 0.4) is 0 Å². The minimum atomic E-state index is -0.161. The van der Waals surface area contributed by atoms with Crippen LogP contribution in [0.2, 0.25) is 0 Å². The van der Waals surface area contributed by atoms with Crippen LogP contribution in [0.1, 0.15) is 16.8 Å². The van der Waals surface area contributed by atoms with Crippen LogP contribution in [-0.2, 0) is 4.79 Å². The van der Waals surface area contributed by atoms with Crippen LogP contribution in [0, 0.1) is 18.3 Å². The largest absolute Gasteiger partial charge is 0.349 e. The van der Waals surface area contributed by atoms with Crippen molar-refractivity contribution in [1.29, 1.82) is 0 Å². The Morgan fingerprint density at radius 2 is 2.20 bits per heavy atom. The molecule has 0 saturated carbocycles. The first-order chi connectivity index (χ1) is 9.65. The zero-order valence-corrected chi connectivity index (χ0v) is 11.1. The van der Waals surface area contributed by atoms with Gasteiger partial charge in [0.05, 0.1) is 0 Å². The Hall–Kier alpha value is -2.54. The van der Waals surface area contributed by atoms with Gasteiger partial charge < -0.3 is 10.2 Å². The summed E-state index contributed by atoms with van der Waals surface area (Å²) in [5.74, 6) is 2.44. The highest BCUT2D eigenvalue weighted by Crippen LogP contribution is 2.24. The molecule has 4 nitrogen and oxygen atoms in total. The molecule has 1 aliphatic heterocycles. The smallest absolute Gasteiger partial charge is 0.251 e. The molecule has 0 bridgehead atoms. The topological polar surface area (TPSA) is 49.4 Å². The van der Waals surface area contributed by atoms with E-state index in [4.69, 9.17) is 6.42 Å². The Bertz CT molecular complexity index is 569. The molecule has 2 amide bonds. The molecule has 1 heterocycles. The van der Waals surface area contributed by atoms with Gasteiger partial charge in [0.2, 0.25) is 5.91 Å².